The quantitative estimate of drug-likeness (QED) is 0.823. The normalized spacial score (nSPS) is 16.0. The van der Waals surface area contributed by atoms with Crippen molar-refractivity contribution < 1.29 is 4.79 Å². The highest BCUT2D eigenvalue weighted by Gasteiger charge is 2.20. The number of hydrogen-bond acceptors (Lipinski definition) is 3. The van der Waals surface area contributed by atoms with E-state index in [4.69, 9.17) is 11.6 Å². The molecule has 0 aliphatic carbocycles. The van der Waals surface area contributed by atoms with Gasteiger partial charge >= 0.3 is 0 Å². The lowest BCUT2D eigenvalue weighted by Gasteiger charge is -2.21. The zero-order valence-corrected chi connectivity index (χ0v) is 15.5. The maximum absolute atomic E-state index is 12.6. The summed E-state index contributed by atoms with van der Waals surface area (Å²) in [7, 11) is 0. The molecule has 0 bridgehead atoms. The maximum atomic E-state index is 12.6. The number of aromatic nitrogens is 2. The lowest BCUT2D eigenvalue weighted by atomic mass is 10.1. The van der Waals surface area contributed by atoms with Crippen LogP contribution in [0.4, 0.5) is 0 Å². The van der Waals surface area contributed by atoms with Gasteiger partial charge in [0.15, 0.2) is 0 Å². The van der Waals surface area contributed by atoms with Gasteiger partial charge in [0, 0.05) is 50.5 Å². The molecule has 0 atom stereocenters. The summed E-state index contributed by atoms with van der Waals surface area (Å²) in [6.45, 7) is 7.31. The monoisotopic (exact) mass is 360 g/mol. The molecule has 1 amide bonds. The lowest BCUT2D eigenvalue weighted by Crippen LogP contribution is -2.36. The van der Waals surface area contributed by atoms with Crippen molar-refractivity contribution in [3.05, 3.63) is 52.8 Å². The highest BCUT2D eigenvalue weighted by molar-refractivity contribution is 6.30. The van der Waals surface area contributed by atoms with Crippen molar-refractivity contribution >= 4 is 17.5 Å². The molecule has 0 N–H and O–H groups in total. The molecule has 3 rings (SSSR count). The Bertz CT molecular complexity index is 715. The Hall–Kier alpha value is -1.85. The first kappa shape index (κ1) is 18.0. The first-order valence-electron chi connectivity index (χ1n) is 8.91. The number of amides is 1. The molecule has 25 heavy (non-hydrogen) atoms. The average Bonchev–Trinajstić information content (AvgIpc) is 2.91. The minimum Gasteiger partial charge on any atom is -0.341 e. The van der Waals surface area contributed by atoms with Crippen LogP contribution in [0.2, 0.25) is 5.02 Å². The van der Waals surface area contributed by atoms with Crippen LogP contribution in [-0.4, -0.2) is 51.7 Å². The molecule has 2 heterocycles. The van der Waals surface area contributed by atoms with E-state index in [-0.39, 0.29) is 5.91 Å². The van der Waals surface area contributed by atoms with Gasteiger partial charge in [-0.15, -0.1) is 0 Å². The van der Waals surface area contributed by atoms with E-state index in [1.807, 2.05) is 40.0 Å². The molecule has 1 aliphatic heterocycles. The topological polar surface area (TPSA) is 41.4 Å². The number of nitrogens with zero attached hydrogens (tertiary/aromatic N) is 4. The predicted molar refractivity (Wildman–Crippen MR) is 99.5 cm³/mol. The summed E-state index contributed by atoms with van der Waals surface area (Å²) in [5.41, 5.74) is 2.07. The van der Waals surface area contributed by atoms with Crippen LogP contribution >= 0.6 is 11.6 Å². The van der Waals surface area contributed by atoms with Crippen molar-refractivity contribution in [3.63, 3.8) is 0 Å². The summed E-state index contributed by atoms with van der Waals surface area (Å²) in [5, 5.41) is 5.23. The van der Waals surface area contributed by atoms with Gasteiger partial charge < -0.3 is 4.90 Å². The van der Waals surface area contributed by atoms with Crippen molar-refractivity contribution in [1.29, 1.82) is 0 Å². The molecule has 1 aliphatic rings. The molecule has 2 aromatic rings. The van der Waals surface area contributed by atoms with Crippen LogP contribution in [0.25, 0.3) is 0 Å². The standard InChI is InChI=1S/C19H25ClN4O/c1-2-24-10-7-18(21-24)15-22-8-4-9-23(12-11-22)19(25)14-16-5-3-6-17(20)13-16/h3,5-7,10,13H,2,4,8-9,11-12,14-15H2,1H3. The summed E-state index contributed by atoms with van der Waals surface area (Å²) < 4.78 is 1.95. The summed E-state index contributed by atoms with van der Waals surface area (Å²) >= 11 is 6.01. The Labute approximate surface area is 154 Å². The van der Waals surface area contributed by atoms with Gasteiger partial charge in [-0.25, -0.2) is 0 Å². The summed E-state index contributed by atoms with van der Waals surface area (Å²) in [6.07, 6.45) is 3.44. The van der Waals surface area contributed by atoms with Crippen molar-refractivity contribution in [1.82, 2.24) is 19.6 Å². The third-order valence-electron chi connectivity index (χ3n) is 4.59. The molecule has 5 nitrogen and oxygen atoms in total. The summed E-state index contributed by atoms with van der Waals surface area (Å²) in [6, 6.07) is 9.63. The minimum atomic E-state index is 0.180. The van der Waals surface area contributed by atoms with Crippen molar-refractivity contribution in [2.24, 2.45) is 0 Å². The van der Waals surface area contributed by atoms with Gasteiger partial charge in [-0.05, 0) is 37.1 Å². The van der Waals surface area contributed by atoms with E-state index in [1.165, 1.54) is 0 Å². The number of hydrogen-bond donors (Lipinski definition) is 0. The maximum Gasteiger partial charge on any atom is 0.227 e. The summed E-state index contributed by atoms with van der Waals surface area (Å²) in [5.74, 6) is 0.180. The number of aryl methyl sites for hydroxylation is 1. The Balaban J connectivity index is 1.53. The third-order valence-corrected chi connectivity index (χ3v) is 4.83. The minimum absolute atomic E-state index is 0.180. The Morgan fingerprint density at radius 2 is 2.08 bits per heavy atom. The largest absolute Gasteiger partial charge is 0.341 e. The zero-order chi connectivity index (χ0) is 17.6. The van der Waals surface area contributed by atoms with Gasteiger partial charge in [-0.1, -0.05) is 23.7 Å². The van der Waals surface area contributed by atoms with Crippen LogP contribution < -0.4 is 0 Å². The van der Waals surface area contributed by atoms with Crippen LogP contribution in [-0.2, 0) is 24.3 Å². The Morgan fingerprint density at radius 1 is 1.20 bits per heavy atom. The molecule has 0 saturated carbocycles. The van der Waals surface area contributed by atoms with Crippen LogP contribution in [0.3, 0.4) is 0 Å². The van der Waals surface area contributed by atoms with E-state index in [1.54, 1.807) is 0 Å². The van der Waals surface area contributed by atoms with E-state index < -0.39 is 0 Å². The number of carbonyl (C=O) groups excluding carboxylic acids is 1. The van der Waals surface area contributed by atoms with Crippen molar-refractivity contribution in [2.75, 3.05) is 26.2 Å². The number of halogens is 1. The van der Waals surface area contributed by atoms with Crippen molar-refractivity contribution in [3.8, 4) is 0 Å². The molecule has 1 fully saturated rings. The van der Waals surface area contributed by atoms with E-state index in [0.29, 0.717) is 11.4 Å². The molecule has 0 radical (unpaired) electrons. The smallest absolute Gasteiger partial charge is 0.227 e. The fourth-order valence-corrected chi connectivity index (χ4v) is 3.42. The van der Waals surface area contributed by atoms with E-state index >= 15 is 0 Å². The molecule has 1 saturated heterocycles. The van der Waals surface area contributed by atoms with Gasteiger partial charge in [-0.3, -0.25) is 14.4 Å². The van der Waals surface area contributed by atoms with Gasteiger partial charge in [0.2, 0.25) is 5.91 Å². The van der Waals surface area contributed by atoms with E-state index in [9.17, 15) is 4.79 Å². The molecule has 0 unspecified atom stereocenters. The van der Waals surface area contributed by atoms with Gasteiger partial charge in [-0.2, -0.15) is 5.10 Å². The lowest BCUT2D eigenvalue weighted by molar-refractivity contribution is -0.130. The second kappa shape index (κ2) is 8.50. The highest BCUT2D eigenvalue weighted by Crippen LogP contribution is 2.13. The third kappa shape index (κ3) is 5.06. The SMILES string of the molecule is CCn1ccc(CN2CCCN(C(=O)Cc3cccc(Cl)c3)CC2)n1. The molecule has 6 heteroatoms. The van der Waals surface area contributed by atoms with Gasteiger partial charge in [0.25, 0.3) is 0 Å². The first-order chi connectivity index (χ1) is 12.1. The van der Waals surface area contributed by atoms with Crippen LogP contribution in [0.1, 0.15) is 24.6 Å². The zero-order valence-electron chi connectivity index (χ0n) is 14.7. The Morgan fingerprint density at radius 3 is 2.84 bits per heavy atom. The van der Waals surface area contributed by atoms with Gasteiger partial charge in [0.05, 0.1) is 12.1 Å². The first-order valence-corrected chi connectivity index (χ1v) is 9.28. The van der Waals surface area contributed by atoms with Crippen LogP contribution in [0, 0.1) is 0 Å². The molecular weight excluding hydrogens is 336 g/mol. The average molecular weight is 361 g/mol. The fraction of sp³-hybridized carbons (Fsp3) is 0.474. The van der Waals surface area contributed by atoms with Gasteiger partial charge in [0.1, 0.15) is 0 Å². The Kier molecular flexibility index (Phi) is 6.10. The number of rotatable bonds is 5. The number of carbonyl (C=O) groups is 1. The summed E-state index contributed by atoms with van der Waals surface area (Å²) in [4.78, 5) is 16.9. The van der Waals surface area contributed by atoms with E-state index in [0.717, 1.165) is 56.9 Å². The molecular formula is C19H25ClN4O. The second-order valence-corrected chi connectivity index (χ2v) is 6.92. The molecule has 134 valence electrons. The molecule has 1 aromatic carbocycles. The van der Waals surface area contributed by atoms with Crippen LogP contribution in [0.5, 0.6) is 0 Å². The highest BCUT2D eigenvalue weighted by atomic mass is 35.5. The van der Waals surface area contributed by atoms with Crippen molar-refractivity contribution in [2.45, 2.75) is 32.9 Å². The van der Waals surface area contributed by atoms with Crippen LogP contribution in [0.15, 0.2) is 36.5 Å². The number of benzene rings is 1. The molecule has 0 spiro atoms. The predicted octanol–water partition coefficient (Wildman–Crippen LogP) is 2.83. The fourth-order valence-electron chi connectivity index (χ4n) is 3.21. The second-order valence-electron chi connectivity index (χ2n) is 6.48. The molecule has 1 aromatic heterocycles. The van der Waals surface area contributed by atoms with E-state index in [2.05, 4.69) is 23.0 Å².